The first kappa shape index (κ1) is 18.7. The summed E-state index contributed by atoms with van der Waals surface area (Å²) in [6.07, 6.45) is -1.15. The summed E-state index contributed by atoms with van der Waals surface area (Å²) in [5.74, 6) is -2.17. The SMILES string of the molecule is NC(=O)C(OC(=O)C1CC(=O)N(c2cccc3ccccc23)C1)c1ccccc1. The number of esters is 1. The molecule has 0 spiro atoms. The van der Waals surface area contributed by atoms with Crippen LogP contribution in [0.1, 0.15) is 18.1 Å². The van der Waals surface area contributed by atoms with Crippen LogP contribution in [0, 0.1) is 5.92 Å². The third-order valence-corrected chi connectivity index (χ3v) is 5.11. The molecule has 0 bridgehead atoms. The van der Waals surface area contributed by atoms with Crippen molar-refractivity contribution in [1.82, 2.24) is 0 Å². The minimum absolute atomic E-state index is 0.0301. The molecule has 3 aromatic carbocycles. The van der Waals surface area contributed by atoms with E-state index in [0.717, 1.165) is 16.5 Å². The highest BCUT2D eigenvalue weighted by molar-refractivity contribution is 6.06. The number of benzene rings is 3. The number of fused-ring (bicyclic) bond motifs is 1. The molecule has 1 saturated heterocycles. The maximum absolute atomic E-state index is 12.7. The molecule has 1 aliphatic rings. The van der Waals surface area contributed by atoms with Gasteiger partial charge in [-0.3, -0.25) is 14.4 Å². The van der Waals surface area contributed by atoms with Gasteiger partial charge in [-0.15, -0.1) is 0 Å². The molecule has 2 N–H and O–H groups in total. The van der Waals surface area contributed by atoms with E-state index in [9.17, 15) is 14.4 Å². The van der Waals surface area contributed by atoms with Gasteiger partial charge in [-0.05, 0) is 11.5 Å². The summed E-state index contributed by atoms with van der Waals surface area (Å²) in [6.45, 7) is 0.200. The second kappa shape index (κ2) is 7.75. The van der Waals surface area contributed by atoms with Crippen LogP contribution in [0.2, 0.25) is 0 Å². The zero-order chi connectivity index (χ0) is 20.4. The van der Waals surface area contributed by atoms with Crippen LogP contribution in [0.5, 0.6) is 0 Å². The van der Waals surface area contributed by atoms with Crippen molar-refractivity contribution in [2.24, 2.45) is 11.7 Å². The van der Waals surface area contributed by atoms with Gasteiger partial charge in [-0.25, -0.2) is 0 Å². The van der Waals surface area contributed by atoms with E-state index < -0.39 is 23.9 Å². The molecule has 1 heterocycles. The van der Waals surface area contributed by atoms with Gasteiger partial charge in [0.1, 0.15) is 0 Å². The number of amides is 2. The van der Waals surface area contributed by atoms with E-state index in [-0.39, 0.29) is 18.9 Å². The third-order valence-electron chi connectivity index (χ3n) is 5.11. The Balaban J connectivity index is 1.54. The fraction of sp³-hybridized carbons (Fsp3) is 0.174. The number of primary amides is 1. The zero-order valence-electron chi connectivity index (χ0n) is 15.7. The molecule has 3 aromatic rings. The Kier molecular flexibility index (Phi) is 4.99. The van der Waals surface area contributed by atoms with Gasteiger partial charge >= 0.3 is 5.97 Å². The van der Waals surface area contributed by atoms with Crippen molar-refractivity contribution in [3.8, 4) is 0 Å². The molecule has 29 heavy (non-hydrogen) atoms. The van der Waals surface area contributed by atoms with Gasteiger partial charge < -0.3 is 15.4 Å². The molecule has 146 valence electrons. The van der Waals surface area contributed by atoms with Crippen LogP contribution in [-0.2, 0) is 19.1 Å². The molecule has 0 saturated carbocycles. The summed E-state index contributed by atoms with van der Waals surface area (Å²) in [4.78, 5) is 38.8. The Morgan fingerprint density at radius 2 is 1.66 bits per heavy atom. The van der Waals surface area contributed by atoms with Crippen LogP contribution < -0.4 is 10.6 Å². The fourth-order valence-corrected chi connectivity index (χ4v) is 3.67. The lowest BCUT2D eigenvalue weighted by Crippen LogP contribution is -2.30. The minimum Gasteiger partial charge on any atom is -0.447 e. The van der Waals surface area contributed by atoms with Gasteiger partial charge in [0.05, 0.1) is 11.6 Å². The number of hydrogen-bond acceptors (Lipinski definition) is 4. The number of rotatable bonds is 5. The van der Waals surface area contributed by atoms with Crippen molar-refractivity contribution in [2.75, 3.05) is 11.4 Å². The Morgan fingerprint density at radius 3 is 2.41 bits per heavy atom. The van der Waals surface area contributed by atoms with Gasteiger partial charge in [0, 0.05) is 23.9 Å². The minimum atomic E-state index is -1.18. The largest absolute Gasteiger partial charge is 0.447 e. The highest BCUT2D eigenvalue weighted by atomic mass is 16.5. The fourth-order valence-electron chi connectivity index (χ4n) is 3.67. The third kappa shape index (κ3) is 3.69. The lowest BCUT2D eigenvalue weighted by Gasteiger charge is -2.20. The Bertz CT molecular complexity index is 1080. The molecule has 2 amide bonds. The van der Waals surface area contributed by atoms with Gasteiger partial charge in [-0.2, -0.15) is 0 Å². The number of ether oxygens (including phenoxy) is 1. The summed E-state index contributed by atoms with van der Waals surface area (Å²) in [6, 6.07) is 22.1. The molecule has 1 fully saturated rings. The number of carbonyl (C=O) groups is 3. The average molecular weight is 388 g/mol. The van der Waals surface area contributed by atoms with Gasteiger partial charge in [0.25, 0.3) is 5.91 Å². The smallest absolute Gasteiger partial charge is 0.312 e. The van der Waals surface area contributed by atoms with E-state index >= 15 is 0 Å². The normalized spacial score (nSPS) is 17.3. The molecule has 0 aromatic heterocycles. The second-order valence-electron chi connectivity index (χ2n) is 7.03. The van der Waals surface area contributed by atoms with E-state index in [0.29, 0.717) is 5.56 Å². The van der Waals surface area contributed by atoms with Crippen LogP contribution in [0.15, 0.2) is 72.8 Å². The topological polar surface area (TPSA) is 89.7 Å². The summed E-state index contributed by atoms with van der Waals surface area (Å²) in [5.41, 5.74) is 6.70. The van der Waals surface area contributed by atoms with Crippen LogP contribution in [0.25, 0.3) is 10.8 Å². The predicted octanol–water partition coefficient (Wildman–Crippen LogP) is 2.96. The van der Waals surface area contributed by atoms with Crippen molar-refractivity contribution >= 4 is 34.2 Å². The van der Waals surface area contributed by atoms with E-state index in [2.05, 4.69) is 0 Å². The van der Waals surface area contributed by atoms with E-state index in [4.69, 9.17) is 10.5 Å². The van der Waals surface area contributed by atoms with Crippen LogP contribution >= 0.6 is 0 Å². The van der Waals surface area contributed by atoms with Crippen LogP contribution in [-0.4, -0.2) is 24.3 Å². The maximum Gasteiger partial charge on any atom is 0.312 e. The summed E-state index contributed by atoms with van der Waals surface area (Å²) in [7, 11) is 0. The summed E-state index contributed by atoms with van der Waals surface area (Å²) >= 11 is 0. The van der Waals surface area contributed by atoms with Crippen molar-refractivity contribution in [3.05, 3.63) is 78.4 Å². The zero-order valence-corrected chi connectivity index (χ0v) is 15.7. The van der Waals surface area contributed by atoms with Crippen LogP contribution in [0.4, 0.5) is 5.69 Å². The second-order valence-corrected chi connectivity index (χ2v) is 7.03. The van der Waals surface area contributed by atoms with Gasteiger partial charge in [0.15, 0.2) is 0 Å². The standard InChI is InChI=1S/C23H20N2O4/c24-22(27)21(16-8-2-1-3-9-16)29-23(28)17-13-20(26)25(14-17)19-12-6-10-15-7-4-5-11-18(15)19/h1-12,17,21H,13-14H2,(H2,24,27). The summed E-state index contributed by atoms with van der Waals surface area (Å²) < 4.78 is 5.41. The molecular formula is C23H20N2O4. The molecule has 4 rings (SSSR count). The molecule has 2 atom stereocenters. The van der Waals surface area contributed by atoms with E-state index in [1.165, 1.54) is 0 Å². The van der Waals surface area contributed by atoms with Crippen molar-refractivity contribution < 1.29 is 19.1 Å². The average Bonchev–Trinajstić information content (AvgIpc) is 3.13. The Morgan fingerprint density at radius 1 is 0.966 bits per heavy atom. The first-order valence-corrected chi connectivity index (χ1v) is 9.37. The highest BCUT2D eigenvalue weighted by Crippen LogP contribution is 2.32. The van der Waals surface area contributed by atoms with Crippen LogP contribution in [0.3, 0.4) is 0 Å². The molecule has 6 heteroatoms. The molecule has 6 nitrogen and oxygen atoms in total. The lowest BCUT2D eigenvalue weighted by molar-refractivity contribution is -0.159. The first-order chi connectivity index (χ1) is 14.0. The molecule has 0 aliphatic carbocycles. The number of carbonyl (C=O) groups excluding carboxylic acids is 3. The predicted molar refractivity (Wildman–Crippen MR) is 109 cm³/mol. The van der Waals surface area contributed by atoms with Gasteiger partial charge in [0.2, 0.25) is 12.0 Å². The van der Waals surface area contributed by atoms with Crippen molar-refractivity contribution in [2.45, 2.75) is 12.5 Å². The monoisotopic (exact) mass is 388 g/mol. The molecular weight excluding hydrogens is 368 g/mol. The molecule has 1 aliphatic heterocycles. The molecule has 2 unspecified atom stereocenters. The van der Waals surface area contributed by atoms with E-state index in [1.807, 2.05) is 42.5 Å². The molecule has 0 radical (unpaired) electrons. The number of nitrogens with two attached hydrogens (primary N) is 1. The number of hydrogen-bond donors (Lipinski definition) is 1. The highest BCUT2D eigenvalue weighted by Gasteiger charge is 2.38. The quantitative estimate of drug-likeness (QED) is 0.681. The Hall–Kier alpha value is -3.67. The summed E-state index contributed by atoms with van der Waals surface area (Å²) in [5, 5.41) is 1.96. The Labute approximate surface area is 167 Å². The van der Waals surface area contributed by atoms with Crippen molar-refractivity contribution in [3.63, 3.8) is 0 Å². The maximum atomic E-state index is 12.7. The van der Waals surface area contributed by atoms with Crippen molar-refractivity contribution in [1.29, 1.82) is 0 Å². The van der Waals surface area contributed by atoms with Gasteiger partial charge in [-0.1, -0.05) is 66.7 Å². The van der Waals surface area contributed by atoms with E-state index in [1.54, 1.807) is 35.2 Å². The lowest BCUT2D eigenvalue weighted by atomic mass is 10.1. The number of anilines is 1. The number of nitrogens with zero attached hydrogens (tertiary/aromatic N) is 1. The first-order valence-electron chi connectivity index (χ1n) is 9.37.